The molecule has 2 aromatic carbocycles. The Balaban J connectivity index is 1.35. The van der Waals surface area contributed by atoms with Gasteiger partial charge in [0.15, 0.2) is 0 Å². The van der Waals surface area contributed by atoms with Gasteiger partial charge in [0.25, 0.3) is 0 Å². The van der Waals surface area contributed by atoms with Gasteiger partial charge < -0.3 is 68.0 Å². The molecular weight excluding hydrogens is 1200 g/mol. The number of fused-ring (bicyclic) bond motifs is 3. The topological polar surface area (TPSA) is 379 Å². The number of nitrogens with one attached hydrogen (secondary N) is 11. The number of rotatable bonds is 32. The van der Waals surface area contributed by atoms with E-state index < -0.39 is 149 Å². The first kappa shape index (κ1) is 77.2. The molecule has 27 nitrogen and oxygen atoms in total. The standard InChI is InChI=1S/C66H101N12O15/c1-18-40(8)53(56(85)73-48(29-39(6)7)57(86)92-17)74-52(82)33-69-58(87)64(13,14)75-54(83)46(27-37(2)3)71-50(80)31-67-49(79)30-70-60(89)66(35-62(9,10)78(91)63(11,12)36-66)76-55(84)47(28-38(4)5)72-51(81)32-68-59(88)65(15,16)77-61(90)93-34-45-43-25-21-19-23-41(43)42-24-20-22-26-44(42)45/h19-26,37-40,45-48,53H,18,27-36H2,1-17H3,(H,67,79)(H,68,88)(H,69,87)(H,70,89)(H,71,80)(H,72,81)(H,73,85)(H,74,82)(H,75,83)(H,76,84)(H,77,90)/t40?,46-,47-,48-,53-/m0/s1. The summed E-state index contributed by atoms with van der Waals surface area (Å²) in [5.74, 6) is -9.22. The second-order valence-electron chi connectivity index (χ2n) is 28.0. The summed E-state index contributed by atoms with van der Waals surface area (Å²) in [5, 5.41) is 43.0. The van der Waals surface area contributed by atoms with Crippen LogP contribution in [0.25, 0.3) is 11.1 Å². The molecule has 1 aliphatic heterocycles. The first-order valence-electron chi connectivity index (χ1n) is 31.8. The van der Waals surface area contributed by atoms with Crippen molar-refractivity contribution in [1.29, 1.82) is 0 Å². The molecule has 2 aliphatic rings. The maximum Gasteiger partial charge on any atom is 0.408 e. The molecule has 1 aliphatic carbocycles. The van der Waals surface area contributed by atoms with Gasteiger partial charge in [-0.2, -0.15) is 0 Å². The summed E-state index contributed by atoms with van der Waals surface area (Å²) in [5.41, 5.74) is -3.49. The molecule has 2 aromatic rings. The van der Waals surface area contributed by atoms with Gasteiger partial charge in [-0.1, -0.05) is 110 Å². The van der Waals surface area contributed by atoms with Gasteiger partial charge >= 0.3 is 12.1 Å². The summed E-state index contributed by atoms with van der Waals surface area (Å²) in [4.78, 5) is 162. The number of alkyl carbamates (subject to hydrolysis) is 1. The molecule has 93 heavy (non-hydrogen) atoms. The molecule has 1 saturated heterocycles. The molecule has 1 fully saturated rings. The molecule has 1 heterocycles. The van der Waals surface area contributed by atoms with Crippen LogP contribution in [0.3, 0.4) is 0 Å². The number of benzene rings is 2. The van der Waals surface area contributed by atoms with Crippen LogP contribution < -0.4 is 58.5 Å². The number of hydroxylamine groups is 2. The predicted octanol–water partition coefficient (Wildman–Crippen LogP) is 2.81. The first-order chi connectivity index (χ1) is 43.2. The van der Waals surface area contributed by atoms with E-state index in [2.05, 4.69) is 58.5 Å². The molecule has 0 bridgehead atoms. The van der Waals surface area contributed by atoms with E-state index in [9.17, 15) is 62.7 Å². The normalized spacial score (nSPS) is 16.5. The van der Waals surface area contributed by atoms with Crippen molar-refractivity contribution in [1.82, 2.24) is 63.5 Å². The fourth-order valence-electron chi connectivity index (χ4n) is 11.8. The molecule has 27 heteroatoms. The van der Waals surface area contributed by atoms with E-state index in [1.54, 1.807) is 62.3 Å². The van der Waals surface area contributed by atoms with E-state index in [1.165, 1.54) is 34.8 Å². The van der Waals surface area contributed by atoms with Crippen LogP contribution in [0.1, 0.15) is 166 Å². The van der Waals surface area contributed by atoms with E-state index in [0.717, 1.165) is 27.3 Å². The lowest BCUT2D eigenvalue weighted by Crippen LogP contribution is -2.73. The van der Waals surface area contributed by atoms with E-state index in [1.807, 2.05) is 69.3 Å². The van der Waals surface area contributed by atoms with Crippen LogP contribution in [0.2, 0.25) is 0 Å². The van der Waals surface area contributed by atoms with E-state index in [-0.39, 0.29) is 61.9 Å². The second-order valence-corrected chi connectivity index (χ2v) is 28.0. The van der Waals surface area contributed by atoms with Crippen LogP contribution in [0.5, 0.6) is 0 Å². The third kappa shape index (κ3) is 22.0. The Morgan fingerprint density at radius 3 is 1.45 bits per heavy atom. The molecule has 1 unspecified atom stereocenters. The number of amides is 11. The largest absolute Gasteiger partial charge is 0.467 e. The van der Waals surface area contributed by atoms with Crippen LogP contribution in [-0.4, -0.2) is 168 Å². The zero-order valence-corrected chi connectivity index (χ0v) is 57.2. The van der Waals surface area contributed by atoms with Gasteiger partial charge in [0, 0.05) is 17.0 Å². The van der Waals surface area contributed by atoms with Gasteiger partial charge in [-0.3, -0.25) is 47.9 Å². The lowest BCUT2D eigenvalue weighted by molar-refractivity contribution is -0.295. The highest BCUT2D eigenvalue weighted by Crippen LogP contribution is 2.45. The van der Waals surface area contributed by atoms with Crippen LogP contribution in [0.15, 0.2) is 48.5 Å². The fourth-order valence-corrected chi connectivity index (χ4v) is 11.8. The van der Waals surface area contributed by atoms with Crippen molar-refractivity contribution in [2.75, 3.05) is 39.9 Å². The van der Waals surface area contributed by atoms with Crippen molar-refractivity contribution in [2.24, 2.45) is 23.7 Å². The Morgan fingerprint density at radius 2 is 0.978 bits per heavy atom. The quantitative estimate of drug-likeness (QED) is 0.0469. The van der Waals surface area contributed by atoms with Gasteiger partial charge in [0.2, 0.25) is 59.1 Å². The third-order valence-corrected chi connectivity index (χ3v) is 16.4. The lowest BCUT2D eigenvalue weighted by Gasteiger charge is -2.54. The third-order valence-electron chi connectivity index (χ3n) is 16.4. The lowest BCUT2D eigenvalue weighted by atomic mass is 9.69. The molecule has 5 atom stereocenters. The SMILES string of the molecule is CCC(C)[C@H](NC(=O)CNC(=O)C(C)(C)NC(=O)[C@H](CC(C)C)NC(=O)CNC(=O)CNC(=O)C1(NC(=O)[C@H](CC(C)C)NC(=O)CNC(=O)C(C)(C)NC(=O)OCC2c3ccccc3-c3ccccc32)CC(C)(C)N([O])C(C)(C)C1)C(=O)N[C@@H](CC(C)C)C(=O)OC. The van der Waals surface area contributed by atoms with E-state index in [4.69, 9.17) is 9.47 Å². The molecule has 11 amide bonds. The van der Waals surface area contributed by atoms with Crippen molar-refractivity contribution in [3.63, 3.8) is 0 Å². The van der Waals surface area contributed by atoms with Crippen LogP contribution in [0, 0.1) is 23.7 Å². The molecule has 0 spiro atoms. The molecule has 0 aromatic heterocycles. The molecule has 0 saturated carbocycles. The number of methoxy groups -OCH3 is 1. The number of hydrogen-bond donors (Lipinski definition) is 11. The summed E-state index contributed by atoms with van der Waals surface area (Å²) in [6.45, 7) is 24.0. The van der Waals surface area contributed by atoms with Gasteiger partial charge in [-0.25, -0.2) is 9.59 Å². The zero-order chi connectivity index (χ0) is 70.1. The van der Waals surface area contributed by atoms with Crippen molar-refractivity contribution in [3.05, 3.63) is 59.7 Å². The second kappa shape index (κ2) is 33.1. The molecule has 11 N–H and O–H groups in total. The average molecular weight is 1300 g/mol. The summed E-state index contributed by atoms with van der Waals surface area (Å²) in [7, 11) is 1.21. The van der Waals surface area contributed by atoms with Gasteiger partial charge in [-0.05, 0) is 133 Å². The molecule has 4 rings (SSSR count). The maximum absolute atomic E-state index is 14.5. The molecular formula is C66H101N12O15. The number of carbonyl (C=O) groups is 12. The average Bonchev–Trinajstić information content (AvgIpc) is 1.14. The number of nitrogens with zero attached hydrogens (tertiary/aromatic N) is 1. The fraction of sp³-hybridized carbons (Fsp3) is 0.636. The minimum Gasteiger partial charge on any atom is -0.467 e. The minimum absolute atomic E-state index is 0.00267. The number of esters is 1. The monoisotopic (exact) mass is 1300 g/mol. The van der Waals surface area contributed by atoms with Crippen molar-refractivity contribution >= 4 is 71.1 Å². The Kier molecular flexibility index (Phi) is 27.5. The Morgan fingerprint density at radius 1 is 0.548 bits per heavy atom. The van der Waals surface area contributed by atoms with Crippen LogP contribution in [-0.2, 0) is 67.4 Å². The van der Waals surface area contributed by atoms with Crippen molar-refractivity contribution < 1.29 is 72.2 Å². The smallest absolute Gasteiger partial charge is 0.408 e. The Bertz CT molecular complexity index is 2990. The molecule has 1 radical (unpaired) electrons. The van der Waals surface area contributed by atoms with E-state index in [0.29, 0.717) is 12.8 Å². The molecule has 515 valence electrons. The number of ether oxygens (including phenoxy) is 2. The summed E-state index contributed by atoms with van der Waals surface area (Å²) < 4.78 is 10.5. The van der Waals surface area contributed by atoms with Gasteiger partial charge in [0.05, 0.1) is 33.3 Å². The van der Waals surface area contributed by atoms with Gasteiger partial charge in [0.1, 0.15) is 47.4 Å². The number of carbonyl (C=O) groups excluding carboxylic acids is 12. The highest BCUT2D eigenvalue weighted by atomic mass is 16.5. The van der Waals surface area contributed by atoms with E-state index >= 15 is 0 Å². The van der Waals surface area contributed by atoms with Crippen LogP contribution in [0.4, 0.5) is 4.79 Å². The predicted molar refractivity (Wildman–Crippen MR) is 345 cm³/mol. The Labute approximate surface area is 546 Å². The highest BCUT2D eigenvalue weighted by molar-refractivity contribution is 5.99. The maximum atomic E-state index is 14.5. The minimum atomic E-state index is -1.85. The van der Waals surface area contributed by atoms with Gasteiger partial charge in [-0.15, -0.1) is 10.3 Å². The van der Waals surface area contributed by atoms with Crippen molar-refractivity contribution in [3.8, 4) is 11.1 Å². The zero-order valence-electron chi connectivity index (χ0n) is 57.2. The first-order valence-corrected chi connectivity index (χ1v) is 31.8. The summed E-state index contributed by atoms with van der Waals surface area (Å²) >= 11 is 0. The highest BCUT2D eigenvalue weighted by Gasteiger charge is 2.57. The Hall–Kier alpha value is -8.20. The summed E-state index contributed by atoms with van der Waals surface area (Å²) in [6.07, 6.45) is -0.401. The van der Waals surface area contributed by atoms with Crippen molar-refractivity contribution in [2.45, 2.75) is 207 Å². The summed E-state index contributed by atoms with van der Waals surface area (Å²) in [6, 6.07) is 11.2. The number of hydrogen-bond acceptors (Lipinski definition) is 15. The number of piperidine rings is 1. The van der Waals surface area contributed by atoms with Crippen LogP contribution >= 0.6 is 0 Å².